The Kier molecular flexibility index (Phi) is 4.78. The number of nitrogens with one attached hydrogen (secondary N) is 2. The average molecular weight is 256 g/mol. The molecule has 0 unspecified atom stereocenters. The Morgan fingerprint density at radius 3 is 2.44 bits per heavy atom. The Morgan fingerprint density at radius 2 is 1.89 bits per heavy atom. The van der Waals surface area contributed by atoms with E-state index in [2.05, 4.69) is 10.6 Å². The van der Waals surface area contributed by atoms with E-state index in [1.165, 1.54) is 6.07 Å². The van der Waals surface area contributed by atoms with Crippen LogP contribution in [0.3, 0.4) is 0 Å². The van der Waals surface area contributed by atoms with Crippen LogP contribution in [0, 0.1) is 11.6 Å². The fourth-order valence-electron chi connectivity index (χ4n) is 1.43. The Morgan fingerprint density at radius 1 is 1.22 bits per heavy atom. The van der Waals surface area contributed by atoms with Crippen molar-refractivity contribution in [2.24, 2.45) is 0 Å². The molecule has 0 aliphatic carbocycles. The number of amides is 1. The lowest BCUT2D eigenvalue weighted by molar-refractivity contribution is -0.121. The molecule has 100 valence electrons. The first-order chi connectivity index (χ1) is 8.28. The maximum atomic E-state index is 12.9. The largest absolute Gasteiger partial charge is 0.350 e. The summed E-state index contributed by atoms with van der Waals surface area (Å²) in [7, 11) is 0. The SMILES string of the molecule is CC(C)(C)NC(=O)CNCc1ccc(F)c(F)c1. The molecular formula is C13H18F2N2O. The molecule has 1 aromatic rings. The van der Waals surface area contributed by atoms with Crippen LogP contribution in [0.15, 0.2) is 18.2 Å². The molecule has 0 aromatic heterocycles. The van der Waals surface area contributed by atoms with Gasteiger partial charge in [0.2, 0.25) is 5.91 Å². The van der Waals surface area contributed by atoms with Crippen molar-refractivity contribution in [2.75, 3.05) is 6.54 Å². The molecule has 2 N–H and O–H groups in total. The van der Waals surface area contributed by atoms with Gasteiger partial charge in [0.15, 0.2) is 11.6 Å². The van der Waals surface area contributed by atoms with E-state index in [4.69, 9.17) is 0 Å². The van der Waals surface area contributed by atoms with E-state index in [-0.39, 0.29) is 18.0 Å². The molecule has 0 atom stereocenters. The quantitative estimate of drug-likeness (QED) is 0.864. The van der Waals surface area contributed by atoms with Gasteiger partial charge in [0, 0.05) is 12.1 Å². The van der Waals surface area contributed by atoms with Gasteiger partial charge in [-0.1, -0.05) is 6.07 Å². The molecule has 0 aliphatic rings. The Hall–Kier alpha value is -1.49. The van der Waals surface area contributed by atoms with Crippen LogP contribution in [0.4, 0.5) is 8.78 Å². The molecule has 3 nitrogen and oxygen atoms in total. The van der Waals surface area contributed by atoms with E-state index in [0.29, 0.717) is 12.1 Å². The van der Waals surface area contributed by atoms with Crippen LogP contribution in [0.2, 0.25) is 0 Å². The minimum absolute atomic E-state index is 0.134. The van der Waals surface area contributed by atoms with E-state index in [1.807, 2.05) is 20.8 Å². The third-order valence-electron chi connectivity index (χ3n) is 2.11. The average Bonchev–Trinajstić information content (AvgIpc) is 2.20. The van der Waals surface area contributed by atoms with Crippen LogP contribution in [0.1, 0.15) is 26.3 Å². The van der Waals surface area contributed by atoms with E-state index in [0.717, 1.165) is 12.1 Å². The van der Waals surface area contributed by atoms with Crippen molar-refractivity contribution in [3.8, 4) is 0 Å². The molecule has 0 heterocycles. The highest BCUT2D eigenvalue weighted by atomic mass is 19.2. The maximum Gasteiger partial charge on any atom is 0.234 e. The number of benzene rings is 1. The van der Waals surface area contributed by atoms with Crippen molar-refractivity contribution >= 4 is 5.91 Å². The predicted molar refractivity (Wildman–Crippen MR) is 66.0 cm³/mol. The number of rotatable bonds is 4. The first-order valence-electron chi connectivity index (χ1n) is 5.73. The summed E-state index contributed by atoms with van der Waals surface area (Å²) in [6, 6.07) is 3.67. The molecule has 1 amide bonds. The maximum absolute atomic E-state index is 12.9. The van der Waals surface area contributed by atoms with E-state index < -0.39 is 11.6 Å². The smallest absolute Gasteiger partial charge is 0.234 e. The number of carbonyl (C=O) groups excluding carboxylic acids is 1. The zero-order chi connectivity index (χ0) is 13.8. The van der Waals surface area contributed by atoms with Crippen LogP contribution in [0.25, 0.3) is 0 Å². The highest BCUT2D eigenvalue weighted by Gasteiger charge is 2.12. The Bertz CT molecular complexity index is 427. The van der Waals surface area contributed by atoms with Gasteiger partial charge in [-0.15, -0.1) is 0 Å². The summed E-state index contributed by atoms with van der Waals surface area (Å²) < 4.78 is 25.6. The van der Waals surface area contributed by atoms with Crippen LogP contribution in [0.5, 0.6) is 0 Å². The van der Waals surface area contributed by atoms with Crippen molar-refractivity contribution in [3.63, 3.8) is 0 Å². The number of hydrogen-bond acceptors (Lipinski definition) is 2. The fraction of sp³-hybridized carbons (Fsp3) is 0.462. The van der Waals surface area contributed by atoms with E-state index in [9.17, 15) is 13.6 Å². The van der Waals surface area contributed by atoms with Gasteiger partial charge in [-0.25, -0.2) is 8.78 Å². The minimum atomic E-state index is -0.881. The molecular weight excluding hydrogens is 238 g/mol. The summed E-state index contributed by atoms with van der Waals surface area (Å²) in [6.45, 7) is 6.12. The van der Waals surface area contributed by atoms with E-state index >= 15 is 0 Å². The second kappa shape index (κ2) is 5.91. The summed E-state index contributed by atoms with van der Waals surface area (Å²) >= 11 is 0. The summed E-state index contributed by atoms with van der Waals surface area (Å²) in [6.07, 6.45) is 0. The molecule has 18 heavy (non-hydrogen) atoms. The van der Waals surface area contributed by atoms with Gasteiger partial charge in [-0.3, -0.25) is 4.79 Å². The van der Waals surface area contributed by atoms with Crippen LogP contribution in [-0.4, -0.2) is 18.0 Å². The molecule has 0 fully saturated rings. The standard InChI is InChI=1S/C13H18F2N2O/c1-13(2,3)17-12(18)8-16-7-9-4-5-10(14)11(15)6-9/h4-6,16H,7-8H2,1-3H3,(H,17,18). The van der Waals surface area contributed by atoms with Crippen molar-refractivity contribution in [1.29, 1.82) is 0 Å². The zero-order valence-corrected chi connectivity index (χ0v) is 10.8. The Labute approximate surface area is 106 Å². The molecule has 0 saturated carbocycles. The number of hydrogen-bond donors (Lipinski definition) is 2. The predicted octanol–water partition coefficient (Wildman–Crippen LogP) is 1.97. The first-order valence-corrected chi connectivity index (χ1v) is 5.73. The lowest BCUT2D eigenvalue weighted by Gasteiger charge is -2.20. The van der Waals surface area contributed by atoms with Gasteiger partial charge in [0.05, 0.1) is 6.54 Å². The monoisotopic (exact) mass is 256 g/mol. The van der Waals surface area contributed by atoms with Gasteiger partial charge >= 0.3 is 0 Å². The highest BCUT2D eigenvalue weighted by molar-refractivity contribution is 5.78. The Balaban J connectivity index is 2.38. The second-order valence-corrected chi connectivity index (χ2v) is 5.15. The highest BCUT2D eigenvalue weighted by Crippen LogP contribution is 2.08. The molecule has 1 aromatic carbocycles. The van der Waals surface area contributed by atoms with Crippen LogP contribution in [-0.2, 0) is 11.3 Å². The van der Waals surface area contributed by atoms with Gasteiger partial charge in [0.25, 0.3) is 0 Å². The molecule has 0 spiro atoms. The topological polar surface area (TPSA) is 41.1 Å². The summed E-state index contributed by atoms with van der Waals surface area (Å²) in [4.78, 5) is 11.5. The fourth-order valence-corrected chi connectivity index (χ4v) is 1.43. The number of carbonyl (C=O) groups is 1. The second-order valence-electron chi connectivity index (χ2n) is 5.15. The molecule has 0 saturated heterocycles. The third kappa shape index (κ3) is 5.23. The third-order valence-corrected chi connectivity index (χ3v) is 2.11. The van der Waals surface area contributed by atoms with Crippen LogP contribution >= 0.6 is 0 Å². The summed E-state index contributed by atoms with van der Waals surface area (Å²) in [5.41, 5.74) is 0.318. The normalized spacial score (nSPS) is 11.4. The summed E-state index contributed by atoms with van der Waals surface area (Å²) in [5, 5.41) is 5.66. The molecule has 0 bridgehead atoms. The van der Waals surface area contributed by atoms with Crippen molar-refractivity contribution in [1.82, 2.24) is 10.6 Å². The lowest BCUT2D eigenvalue weighted by atomic mass is 10.1. The molecule has 0 radical (unpaired) electrons. The molecule has 5 heteroatoms. The van der Waals surface area contributed by atoms with E-state index in [1.54, 1.807) is 0 Å². The minimum Gasteiger partial charge on any atom is -0.350 e. The first kappa shape index (κ1) is 14.6. The number of halogens is 2. The van der Waals surface area contributed by atoms with Crippen molar-refractivity contribution < 1.29 is 13.6 Å². The molecule has 1 rings (SSSR count). The van der Waals surface area contributed by atoms with Crippen molar-refractivity contribution in [2.45, 2.75) is 32.9 Å². The van der Waals surface area contributed by atoms with Crippen molar-refractivity contribution in [3.05, 3.63) is 35.4 Å². The zero-order valence-electron chi connectivity index (χ0n) is 10.8. The summed E-state index contributed by atoms with van der Waals surface area (Å²) in [5.74, 6) is -1.89. The lowest BCUT2D eigenvalue weighted by Crippen LogP contribution is -2.44. The van der Waals surface area contributed by atoms with Crippen LogP contribution < -0.4 is 10.6 Å². The van der Waals surface area contributed by atoms with Gasteiger partial charge < -0.3 is 10.6 Å². The van der Waals surface area contributed by atoms with Gasteiger partial charge in [-0.05, 0) is 38.5 Å². The molecule has 0 aliphatic heterocycles. The van der Waals surface area contributed by atoms with Gasteiger partial charge in [0.1, 0.15) is 0 Å². The van der Waals surface area contributed by atoms with Gasteiger partial charge in [-0.2, -0.15) is 0 Å².